The van der Waals surface area contributed by atoms with Crippen molar-refractivity contribution in [1.29, 1.82) is 0 Å². The molecule has 0 saturated heterocycles. The molecule has 12 heavy (non-hydrogen) atoms. The van der Waals surface area contributed by atoms with Crippen molar-refractivity contribution in [3.05, 3.63) is 11.9 Å². The molecule has 4 nitrogen and oxygen atoms in total. The van der Waals surface area contributed by atoms with Crippen LogP contribution in [-0.2, 0) is 7.05 Å². The van der Waals surface area contributed by atoms with Gasteiger partial charge in [-0.3, -0.25) is 4.68 Å². The summed E-state index contributed by atoms with van der Waals surface area (Å²) in [5.74, 6) is 0.548. The molecule has 1 heterocycles. The van der Waals surface area contributed by atoms with E-state index in [1.165, 1.54) is 0 Å². The normalized spacial score (nSPS) is 13.8. The predicted molar refractivity (Wildman–Crippen MR) is 47.6 cm³/mol. The summed E-state index contributed by atoms with van der Waals surface area (Å²) in [6.07, 6.45) is 1.81. The maximum atomic E-state index is 3.89. The number of nitrogens with zero attached hydrogens (tertiary/aromatic N) is 3. The summed E-state index contributed by atoms with van der Waals surface area (Å²) in [5.41, 5.74) is 1.13. The third-order valence-corrected chi connectivity index (χ3v) is 2.05. The van der Waals surface area contributed by atoms with Gasteiger partial charge in [0.25, 0.3) is 0 Å². The first-order chi connectivity index (χ1) is 5.66. The van der Waals surface area contributed by atoms with Gasteiger partial charge in [-0.2, -0.15) is 0 Å². The molecule has 0 aliphatic carbocycles. The number of hydrogen-bond donors (Lipinski definition) is 1. The quantitative estimate of drug-likeness (QED) is 0.723. The summed E-state index contributed by atoms with van der Waals surface area (Å²) in [6.45, 7) is 4.35. The zero-order valence-corrected chi connectivity index (χ0v) is 8.07. The topological polar surface area (TPSA) is 42.7 Å². The summed E-state index contributed by atoms with van der Waals surface area (Å²) in [5, 5.41) is 11.0. The molecule has 0 bridgehead atoms. The molecule has 4 heteroatoms. The van der Waals surface area contributed by atoms with Crippen LogP contribution in [0.5, 0.6) is 0 Å². The van der Waals surface area contributed by atoms with Gasteiger partial charge in [0.2, 0.25) is 0 Å². The fourth-order valence-corrected chi connectivity index (χ4v) is 1.40. The Morgan fingerprint density at radius 3 is 2.50 bits per heavy atom. The number of aryl methyl sites for hydroxylation is 1. The highest BCUT2D eigenvalue weighted by Crippen LogP contribution is 2.18. The van der Waals surface area contributed by atoms with Crippen LogP contribution in [0.1, 0.15) is 25.6 Å². The average Bonchev–Trinajstić information content (AvgIpc) is 2.38. The molecular formula is C8H16N4. The average molecular weight is 168 g/mol. The molecule has 0 radical (unpaired) electrons. The molecule has 1 atom stereocenters. The van der Waals surface area contributed by atoms with E-state index in [4.69, 9.17) is 0 Å². The van der Waals surface area contributed by atoms with E-state index in [2.05, 4.69) is 29.5 Å². The van der Waals surface area contributed by atoms with E-state index in [9.17, 15) is 0 Å². The lowest BCUT2D eigenvalue weighted by molar-refractivity contribution is 0.417. The molecular weight excluding hydrogens is 152 g/mol. The van der Waals surface area contributed by atoms with Crippen LogP contribution in [0, 0.1) is 5.92 Å². The first kappa shape index (κ1) is 9.19. The second-order valence-electron chi connectivity index (χ2n) is 3.29. The Hall–Kier alpha value is -0.900. The summed E-state index contributed by atoms with van der Waals surface area (Å²) in [6, 6.07) is 0.338. The lowest BCUT2D eigenvalue weighted by atomic mass is 10.0. The first-order valence-electron chi connectivity index (χ1n) is 4.18. The predicted octanol–water partition coefficient (Wildman–Crippen LogP) is 0.732. The van der Waals surface area contributed by atoms with Crippen LogP contribution >= 0.6 is 0 Å². The van der Waals surface area contributed by atoms with Crippen molar-refractivity contribution >= 4 is 0 Å². The third kappa shape index (κ3) is 1.64. The smallest absolute Gasteiger partial charge is 0.0755 e. The molecule has 0 aliphatic rings. The molecule has 0 saturated carbocycles. The molecule has 1 aromatic rings. The van der Waals surface area contributed by atoms with E-state index in [0.29, 0.717) is 12.0 Å². The van der Waals surface area contributed by atoms with Gasteiger partial charge in [-0.05, 0) is 13.0 Å². The molecule has 0 aliphatic heterocycles. The SMILES string of the molecule is CNC(c1cnnn1C)C(C)C. The van der Waals surface area contributed by atoms with Gasteiger partial charge < -0.3 is 5.32 Å². The fourth-order valence-electron chi connectivity index (χ4n) is 1.40. The summed E-state index contributed by atoms with van der Waals surface area (Å²) in [4.78, 5) is 0. The van der Waals surface area contributed by atoms with Gasteiger partial charge in [-0.25, -0.2) is 0 Å². The Kier molecular flexibility index (Phi) is 2.81. The highest BCUT2D eigenvalue weighted by atomic mass is 15.4. The molecule has 0 spiro atoms. The Labute approximate surface area is 73.0 Å². The van der Waals surface area contributed by atoms with Crippen molar-refractivity contribution in [2.75, 3.05) is 7.05 Å². The van der Waals surface area contributed by atoms with Crippen molar-refractivity contribution in [2.45, 2.75) is 19.9 Å². The van der Waals surface area contributed by atoms with E-state index in [-0.39, 0.29) is 0 Å². The molecule has 68 valence electrons. The van der Waals surface area contributed by atoms with Crippen LogP contribution in [0.25, 0.3) is 0 Å². The van der Waals surface area contributed by atoms with E-state index >= 15 is 0 Å². The van der Waals surface area contributed by atoms with Crippen LogP contribution in [0.2, 0.25) is 0 Å². The Balaban J connectivity index is 2.87. The molecule has 0 fully saturated rings. The van der Waals surface area contributed by atoms with Crippen molar-refractivity contribution in [2.24, 2.45) is 13.0 Å². The van der Waals surface area contributed by atoms with Gasteiger partial charge in [-0.15, -0.1) is 5.10 Å². The number of hydrogen-bond acceptors (Lipinski definition) is 3. The summed E-state index contributed by atoms with van der Waals surface area (Å²) >= 11 is 0. The van der Waals surface area contributed by atoms with Crippen molar-refractivity contribution in [1.82, 2.24) is 20.3 Å². The highest BCUT2D eigenvalue weighted by Gasteiger charge is 2.16. The van der Waals surface area contributed by atoms with Gasteiger partial charge in [0.1, 0.15) is 0 Å². The van der Waals surface area contributed by atoms with Crippen LogP contribution in [-0.4, -0.2) is 22.0 Å². The minimum absolute atomic E-state index is 0.338. The first-order valence-corrected chi connectivity index (χ1v) is 4.18. The molecule has 1 rings (SSSR count). The van der Waals surface area contributed by atoms with E-state index < -0.39 is 0 Å². The van der Waals surface area contributed by atoms with Crippen LogP contribution < -0.4 is 5.32 Å². The van der Waals surface area contributed by atoms with Crippen LogP contribution in [0.4, 0.5) is 0 Å². The Morgan fingerprint density at radius 1 is 1.50 bits per heavy atom. The van der Waals surface area contributed by atoms with Gasteiger partial charge >= 0.3 is 0 Å². The van der Waals surface area contributed by atoms with Crippen LogP contribution in [0.15, 0.2) is 6.20 Å². The molecule has 0 amide bonds. The summed E-state index contributed by atoms with van der Waals surface area (Å²) < 4.78 is 1.81. The lowest BCUT2D eigenvalue weighted by Crippen LogP contribution is -2.24. The standard InChI is InChI=1S/C8H16N4/c1-6(2)8(9-3)7-5-10-11-12(7)4/h5-6,8-9H,1-4H3. The van der Waals surface area contributed by atoms with Crippen molar-refractivity contribution in [3.8, 4) is 0 Å². The molecule has 1 unspecified atom stereocenters. The molecule has 1 N–H and O–H groups in total. The minimum Gasteiger partial charge on any atom is -0.311 e. The van der Waals surface area contributed by atoms with Gasteiger partial charge in [0, 0.05) is 7.05 Å². The number of rotatable bonds is 3. The number of nitrogens with one attached hydrogen (secondary N) is 1. The highest BCUT2D eigenvalue weighted by molar-refractivity contribution is 5.02. The van der Waals surface area contributed by atoms with E-state index in [1.54, 1.807) is 10.9 Å². The van der Waals surface area contributed by atoms with Gasteiger partial charge in [0.15, 0.2) is 0 Å². The zero-order chi connectivity index (χ0) is 9.14. The maximum Gasteiger partial charge on any atom is 0.0755 e. The monoisotopic (exact) mass is 168 g/mol. The van der Waals surface area contributed by atoms with E-state index in [0.717, 1.165) is 5.69 Å². The minimum atomic E-state index is 0.338. The Morgan fingerprint density at radius 2 is 2.17 bits per heavy atom. The number of aromatic nitrogens is 3. The second-order valence-corrected chi connectivity index (χ2v) is 3.29. The largest absolute Gasteiger partial charge is 0.311 e. The molecule has 1 aromatic heterocycles. The van der Waals surface area contributed by atoms with Gasteiger partial charge in [0.05, 0.1) is 17.9 Å². The lowest BCUT2D eigenvalue weighted by Gasteiger charge is -2.19. The fraction of sp³-hybridized carbons (Fsp3) is 0.750. The maximum absolute atomic E-state index is 3.89. The molecule has 0 aromatic carbocycles. The third-order valence-electron chi connectivity index (χ3n) is 2.05. The summed E-state index contributed by atoms with van der Waals surface area (Å²) in [7, 11) is 3.87. The van der Waals surface area contributed by atoms with Crippen molar-refractivity contribution in [3.63, 3.8) is 0 Å². The zero-order valence-electron chi connectivity index (χ0n) is 8.07. The van der Waals surface area contributed by atoms with Crippen molar-refractivity contribution < 1.29 is 0 Å². The van der Waals surface area contributed by atoms with Gasteiger partial charge in [-0.1, -0.05) is 19.1 Å². The van der Waals surface area contributed by atoms with E-state index in [1.807, 2.05) is 14.1 Å². The second kappa shape index (κ2) is 3.67. The van der Waals surface area contributed by atoms with Crippen LogP contribution in [0.3, 0.4) is 0 Å². The Bertz CT molecular complexity index is 241.